The third-order valence-electron chi connectivity index (χ3n) is 3.91. The molecule has 0 aromatic rings. The van der Waals surface area contributed by atoms with Crippen molar-refractivity contribution in [3.63, 3.8) is 0 Å². The number of hydrogen-bond acceptors (Lipinski definition) is 4. The number of nitrogens with zero attached hydrogens (tertiary/aromatic N) is 1. The molecule has 1 amide bonds. The molecule has 0 aromatic heterocycles. The van der Waals surface area contributed by atoms with E-state index in [1.165, 1.54) is 0 Å². The average Bonchev–Trinajstić information content (AvgIpc) is 2.27. The Kier molecular flexibility index (Phi) is 4.06. The first-order chi connectivity index (χ1) is 8.80. The highest BCUT2D eigenvalue weighted by atomic mass is 16.6. The zero-order valence-corrected chi connectivity index (χ0v) is 12.3. The molecule has 0 unspecified atom stereocenters. The maximum Gasteiger partial charge on any atom is 0.410 e. The summed E-state index contributed by atoms with van der Waals surface area (Å²) in [5.74, 6) is 0. The van der Waals surface area contributed by atoms with E-state index in [1.54, 1.807) is 4.90 Å². The molecule has 5 nitrogen and oxygen atoms in total. The van der Waals surface area contributed by atoms with Crippen molar-refractivity contribution in [2.45, 2.75) is 51.7 Å². The lowest BCUT2D eigenvalue weighted by Crippen LogP contribution is -2.51. The Morgan fingerprint density at radius 2 is 2.00 bits per heavy atom. The molecular formula is C14H26N2O3. The summed E-state index contributed by atoms with van der Waals surface area (Å²) in [7, 11) is 0. The molecular weight excluding hydrogens is 244 g/mol. The molecule has 2 aliphatic heterocycles. The van der Waals surface area contributed by atoms with Crippen LogP contribution in [0.15, 0.2) is 0 Å². The minimum Gasteiger partial charge on any atom is -0.444 e. The highest BCUT2D eigenvalue weighted by molar-refractivity contribution is 5.68. The van der Waals surface area contributed by atoms with Crippen LogP contribution in [-0.4, -0.2) is 48.9 Å². The molecule has 2 saturated heterocycles. The van der Waals surface area contributed by atoms with Gasteiger partial charge in [0.2, 0.25) is 0 Å². The van der Waals surface area contributed by atoms with Gasteiger partial charge in [-0.3, -0.25) is 0 Å². The maximum atomic E-state index is 12.0. The van der Waals surface area contributed by atoms with E-state index < -0.39 is 5.60 Å². The van der Waals surface area contributed by atoms with Crippen LogP contribution < -0.4 is 5.73 Å². The van der Waals surface area contributed by atoms with Gasteiger partial charge in [0.15, 0.2) is 0 Å². The van der Waals surface area contributed by atoms with Crippen LogP contribution in [0.3, 0.4) is 0 Å². The van der Waals surface area contributed by atoms with Crippen molar-refractivity contribution in [3.05, 3.63) is 0 Å². The van der Waals surface area contributed by atoms with E-state index in [9.17, 15) is 4.79 Å². The molecule has 1 spiro atoms. The molecule has 2 aliphatic rings. The number of carbonyl (C=O) groups excluding carboxylic acids is 1. The lowest BCUT2D eigenvalue weighted by atomic mass is 9.73. The zero-order valence-electron chi connectivity index (χ0n) is 12.3. The first-order valence-electron chi connectivity index (χ1n) is 7.11. The van der Waals surface area contributed by atoms with E-state index in [2.05, 4.69) is 0 Å². The van der Waals surface area contributed by atoms with Crippen LogP contribution in [0.5, 0.6) is 0 Å². The molecule has 0 bridgehead atoms. The second kappa shape index (κ2) is 5.29. The molecule has 1 atom stereocenters. The van der Waals surface area contributed by atoms with Gasteiger partial charge in [-0.2, -0.15) is 0 Å². The molecule has 0 aliphatic carbocycles. The number of ether oxygens (including phenoxy) is 2. The zero-order chi connectivity index (χ0) is 14.1. The van der Waals surface area contributed by atoms with Crippen LogP contribution in [0, 0.1) is 5.41 Å². The van der Waals surface area contributed by atoms with Gasteiger partial charge in [0.25, 0.3) is 0 Å². The Morgan fingerprint density at radius 3 is 2.53 bits per heavy atom. The van der Waals surface area contributed by atoms with Crippen molar-refractivity contribution in [2.24, 2.45) is 11.1 Å². The number of likely N-dealkylation sites (tertiary alicyclic amines) is 1. The summed E-state index contributed by atoms with van der Waals surface area (Å²) in [6, 6.07) is 0.141. The summed E-state index contributed by atoms with van der Waals surface area (Å²) < 4.78 is 11.0. The average molecular weight is 270 g/mol. The number of amides is 1. The fourth-order valence-corrected chi connectivity index (χ4v) is 2.94. The normalized spacial score (nSPS) is 27.4. The summed E-state index contributed by atoms with van der Waals surface area (Å²) in [6.07, 6.45) is 2.72. The first-order valence-corrected chi connectivity index (χ1v) is 7.11. The second-order valence-corrected chi connectivity index (χ2v) is 6.95. The van der Waals surface area contributed by atoms with Gasteiger partial charge in [0.05, 0.1) is 13.2 Å². The maximum absolute atomic E-state index is 12.0. The van der Waals surface area contributed by atoms with Crippen LogP contribution in [0.4, 0.5) is 4.79 Å². The lowest BCUT2D eigenvalue weighted by Gasteiger charge is -2.45. The van der Waals surface area contributed by atoms with E-state index in [0.717, 1.165) is 39.0 Å². The third-order valence-corrected chi connectivity index (χ3v) is 3.91. The van der Waals surface area contributed by atoms with Crippen molar-refractivity contribution in [1.82, 2.24) is 4.90 Å². The van der Waals surface area contributed by atoms with Gasteiger partial charge >= 0.3 is 6.09 Å². The summed E-state index contributed by atoms with van der Waals surface area (Å²) in [5.41, 5.74) is 5.74. The van der Waals surface area contributed by atoms with Gasteiger partial charge in [-0.1, -0.05) is 0 Å². The van der Waals surface area contributed by atoms with Gasteiger partial charge in [-0.05, 0) is 45.4 Å². The summed E-state index contributed by atoms with van der Waals surface area (Å²) in [5, 5.41) is 0. The molecule has 0 radical (unpaired) electrons. The number of piperidine rings is 1. The Bertz CT molecular complexity index is 330. The van der Waals surface area contributed by atoms with E-state index in [0.29, 0.717) is 6.61 Å². The molecule has 2 rings (SSSR count). The topological polar surface area (TPSA) is 64.8 Å². The van der Waals surface area contributed by atoms with Crippen LogP contribution in [0.1, 0.15) is 40.0 Å². The van der Waals surface area contributed by atoms with Crippen molar-refractivity contribution >= 4 is 6.09 Å². The number of rotatable bonds is 0. The smallest absolute Gasteiger partial charge is 0.410 e. The summed E-state index contributed by atoms with van der Waals surface area (Å²) in [4.78, 5) is 13.8. The van der Waals surface area contributed by atoms with E-state index in [-0.39, 0.29) is 17.6 Å². The molecule has 2 heterocycles. The molecule has 5 heteroatoms. The quantitative estimate of drug-likeness (QED) is 0.728. The molecule has 0 saturated carbocycles. The van der Waals surface area contributed by atoms with Crippen LogP contribution in [0.25, 0.3) is 0 Å². The molecule has 0 aromatic carbocycles. The van der Waals surface area contributed by atoms with Crippen LogP contribution in [0.2, 0.25) is 0 Å². The fraction of sp³-hybridized carbons (Fsp3) is 0.929. The predicted molar refractivity (Wildman–Crippen MR) is 72.9 cm³/mol. The monoisotopic (exact) mass is 270 g/mol. The molecule has 19 heavy (non-hydrogen) atoms. The number of carbonyl (C=O) groups is 1. The van der Waals surface area contributed by atoms with E-state index in [4.69, 9.17) is 15.2 Å². The number of hydrogen-bond donors (Lipinski definition) is 1. The highest BCUT2D eigenvalue weighted by Gasteiger charge is 2.40. The van der Waals surface area contributed by atoms with Crippen LogP contribution >= 0.6 is 0 Å². The van der Waals surface area contributed by atoms with Gasteiger partial charge in [0, 0.05) is 19.1 Å². The number of nitrogens with two attached hydrogens (primary N) is 1. The van der Waals surface area contributed by atoms with Crippen molar-refractivity contribution in [1.29, 1.82) is 0 Å². The van der Waals surface area contributed by atoms with Crippen molar-refractivity contribution in [2.75, 3.05) is 26.3 Å². The van der Waals surface area contributed by atoms with Crippen molar-refractivity contribution in [3.8, 4) is 0 Å². The third kappa shape index (κ3) is 3.83. The SMILES string of the molecule is CC(C)(C)OC(=O)N1CCC2(CC1)COC[C@H](N)C2. The highest BCUT2D eigenvalue weighted by Crippen LogP contribution is 2.38. The largest absolute Gasteiger partial charge is 0.444 e. The standard InChI is InChI=1S/C14H26N2O3/c1-13(2,3)19-12(17)16-6-4-14(5-7-16)8-11(15)9-18-10-14/h11H,4-10,15H2,1-3H3/t11-/m1/s1. The molecule has 110 valence electrons. The van der Waals surface area contributed by atoms with E-state index >= 15 is 0 Å². The minimum absolute atomic E-state index is 0.141. The van der Waals surface area contributed by atoms with Crippen LogP contribution in [-0.2, 0) is 9.47 Å². The Balaban J connectivity index is 1.87. The summed E-state index contributed by atoms with van der Waals surface area (Å²) >= 11 is 0. The first kappa shape index (κ1) is 14.6. The second-order valence-electron chi connectivity index (χ2n) is 6.95. The predicted octanol–water partition coefficient (Wildman–Crippen LogP) is 1.75. The van der Waals surface area contributed by atoms with Crippen molar-refractivity contribution < 1.29 is 14.3 Å². The Morgan fingerprint density at radius 1 is 1.37 bits per heavy atom. The van der Waals surface area contributed by atoms with Gasteiger partial charge in [-0.15, -0.1) is 0 Å². The lowest BCUT2D eigenvalue weighted by molar-refractivity contribution is -0.0549. The fourth-order valence-electron chi connectivity index (χ4n) is 2.94. The Labute approximate surface area is 115 Å². The van der Waals surface area contributed by atoms with Gasteiger partial charge in [-0.25, -0.2) is 4.79 Å². The van der Waals surface area contributed by atoms with E-state index in [1.807, 2.05) is 20.8 Å². The minimum atomic E-state index is -0.428. The van der Waals surface area contributed by atoms with Gasteiger partial charge < -0.3 is 20.1 Å². The molecule has 2 N–H and O–H groups in total. The van der Waals surface area contributed by atoms with Gasteiger partial charge in [0.1, 0.15) is 5.60 Å². The Hall–Kier alpha value is -0.810. The molecule has 2 fully saturated rings. The summed E-state index contributed by atoms with van der Waals surface area (Å²) in [6.45, 7) is 8.61.